The zero-order valence-corrected chi connectivity index (χ0v) is 10.9. The molecule has 0 saturated heterocycles. The zero-order valence-electron chi connectivity index (χ0n) is 10.9. The standard InChI is InChI=1S/C12H22O6/c1-3-12(6-13,7-14)8-18-11(17)5-9(2)4-10(15)16/h9,13-14H,3-8H2,1-2H3,(H,15,16). The molecular formula is C12H22O6. The van der Waals surface area contributed by atoms with Crippen molar-refractivity contribution in [3.63, 3.8) is 0 Å². The van der Waals surface area contributed by atoms with Crippen molar-refractivity contribution in [2.75, 3.05) is 19.8 Å². The van der Waals surface area contributed by atoms with Gasteiger partial charge in [0.2, 0.25) is 0 Å². The maximum Gasteiger partial charge on any atom is 0.306 e. The Morgan fingerprint density at radius 1 is 1.22 bits per heavy atom. The van der Waals surface area contributed by atoms with Gasteiger partial charge in [0, 0.05) is 12.8 Å². The highest BCUT2D eigenvalue weighted by Gasteiger charge is 2.28. The first-order chi connectivity index (χ1) is 8.39. The predicted molar refractivity (Wildman–Crippen MR) is 63.9 cm³/mol. The molecule has 0 fully saturated rings. The molecule has 6 nitrogen and oxygen atoms in total. The van der Waals surface area contributed by atoms with E-state index < -0.39 is 17.4 Å². The Morgan fingerprint density at radius 3 is 2.17 bits per heavy atom. The van der Waals surface area contributed by atoms with Crippen molar-refractivity contribution in [1.29, 1.82) is 0 Å². The monoisotopic (exact) mass is 262 g/mol. The smallest absolute Gasteiger partial charge is 0.306 e. The molecule has 0 aromatic heterocycles. The number of aliphatic hydroxyl groups is 2. The topological polar surface area (TPSA) is 104 Å². The summed E-state index contributed by atoms with van der Waals surface area (Å²) in [6.07, 6.45) is 0.412. The SMILES string of the molecule is CCC(CO)(CO)COC(=O)CC(C)CC(=O)O. The first-order valence-corrected chi connectivity index (χ1v) is 5.98. The van der Waals surface area contributed by atoms with Crippen LogP contribution in [0.4, 0.5) is 0 Å². The molecule has 0 aliphatic heterocycles. The number of aliphatic carboxylic acids is 1. The van der Waals surface area contributed by atoms with E-state index in [2.05, 4.69) is 0 Å². The van der Waals surface area contributed by atoms with Gasteiger partial charge in [-0.1, -0.05) is 13.8 Å². The van der Waals surface area contributed by atoms with Crippen molar-refractivity contribution >= 4 is 11.9 Å². The minimum Gasteiger partial charge on any atom is -0.481 e. The molecular weight excluding hydrogens is 240 g/mol. The number of hydrogen-bond donors (Lipinski definition) is 3. The highest BCUT2D eigenvalue weighted by atomic mass is 16.5. The lowest BCUT2D eigenvalue weighted by Gasteiger charge is -2.27. The van der Waals surface area contributed by atoms with E-state index in [1.54, 1.807) is 13.8 Å². The molecule has 0 aromatic carbocycles. The van der Waals surface area contributed by atoms with Crippen molar-refractivity contribution in [3.8, 4) is 0 Å². The Balaban J connectivity index is 4.13. The molecule has 0 bridgehead atoms. The van der Waals surface area contributed by atoms with Crippen molar-refractivity contribution in [3.05, 3.63) is 0 Å². The molecule has 0 heterocycles. The summed E-state index contributed by atoms with van der Waals surface area (Å²) < 4.78 is 4.98. The molecule has 1 unspecified atom stereocenters. The van der Waals surface area contributed by atoms with Gasteiger partial charge in [-0.25, -0.2) is 0 Å². The number of carbonyl (C=O) groups excluding carboxylic acids is 1. The number of ether oxygens (including phenoxy) is 1. The quantitative estimate of drug-likeness (QED) is 0.520. The molecule has 6 heteroatoms. The van der Waals surface area contributed by atoms with Gasteiger partial charge >= 0.3 is 11.9 Å². The summed E-state index contributed by atoms with van der Waals surface area (Å²) in [5, 5.41) is 26.9. The third-order valence-electron chi connectivity index (χ3n) is 3.00. The fraction of sp³-hybridized carbons (Fsp3) is 0.833. The maximum absolute atomic E-state index is 11.5. The van der Waals surface area contributed by atoms with Gasteiger partial charge in [0.25, 0.3) is 0 Å². The average molecular weight is 262 g/mol. The molecule has 0 amide bonds. The first-order valence-electron chi connectivity index (χ1n) is 5.98. The van der Waals surface area contributed by atoms with Gasteiger partial charge in [-0.2, -0.15) is 0 Å². The Labute approximate surface area is 107 Å². The number of carboxylic acid groups (broad SMARTS) is 1. The molecule has 1 atom stereocenters. The number of esters is 1. The van der Waals surface area contributed by atoms with Gasteiger partial charge in [0.1, 0.15) is 6.61 Å². The zero-order chi connectivity index (χ0) is 14.2. The van der Waals surface area contributed by atoms with Gasteiger partial charge in [0.15, 0.2) is 0 Å². The fourth-order valence-corrected chi connectivity index (χ4v) is 1.41. The van der Waals surface area contributed by atoms with E-state index in [-0.39, 0.29) is 38.6 Å². The molecule has 0 aliphatic carbocycles. The first kappa shape index (κ1) is 16.9. The second-order valence-electron chi connectivity index (χ2n) is 4.74. The average Bonchev–Trinajstić information content (AvgIpc) is 2.30. The summed E-state index contributed by atoms with van der Waals surface area (Å²) >= 11 is 0. The van der Waals surface area contributed by atoms with Crippen LogP contribution in [0.2, 0.25) is 0 Å². The van der Waals surface area contributed by atoms with Crippen LogP contribution in [0.15, 0.2) is 0 Å². The Kier molecular flexibility index (Phi) is 7.54. The molecule has 0 radical (unpaired) electrons. The van der Waals surface area contributed by atoms with Gasteiger partial charge in [-0.05, 0) is 12.3 Å². The third-order valence-corrected chi connectivity index (χ3v) is 3.00. The second kappa shape index (κ2) is 8.05. The summed E-state index contributed by atoms with van der Waals surface area (Å²) in [4.78, 5) is 21.9. The van der Waals surface area contributed by atoms with Crippen molar-refractivity contribution in [2.45, 2.75) is 33.1 Å². The van der Waals surface area contributed by atoms with E-state index in [1.807, 2.05) is 0 Å². The minimum atomic E-state index is -0.955. The van der Waals surface area contributed by atoms with E-state index in [0.717, 1.165) is 0 Å². The van der Waals surface area contributed by atoms with Crippen LogP contribution in [0, 0.1) is 11.3 Å². The van der Waals surface area contributed by atoms with Crippen molar-refractivity contribution in [1.82, 2.24) is 0 Å². The molecule has 0 aromatic rings. The molecule has 0 rings (SSSR count). The van der Waals surface area contributed by atoms with Crippen LogP contribution in [0.5, 0.6) is 0 Å². The van der Waals surface area contributed by atoms with Crippen LogP contribution in [0.25, 0.3) is 0 Å². The molecule has 0 saturated carbocycles. The highest BCUT2D eigenvalue weighted by Crippen LogP contribution is 2.21. The lowest BCUT2D eigenvalue weighted by Crippen LogP contribution is -2.35. The highest BCUT2D eigenvalue weighted by molar-refractivity contribution is 5.72. The largest absolute Gasteiger partial charge is 0.481 e. The Hall–Kier alpha value is -1.14. The van der Waals surface area contributed by atoms with Gasteiger partial charge < -0.3 is 20.1 Å². The molecule has 3 N–H and O–H groups in total. The number of rotatable bonds is 9. The molecule has 0 aliphatic rings. The van der Waals surface area contributed by atoms with Gasteiger partial charge in [-0.3, -0.25) is 9.59 Å². The van der Waals surface area contributed by atoms with E-state index in [1.165, 1.54) is 0 Å². The summed E-state index contributed by atoms with van der Waals surface area (Å²) in [5.41, 5.74) is -0.814. The Bertz CT molecular complexity index is 263. The van der Waals surface area contributed by atoms with Crippen LogP contribution in [-0.2, 0) is 14.3 Å². The van der Waals surface area contributed by atoms with Crippen LogP contribution in [-0.4, -0.2) is 47.1 Å². The lowest BCUT2D eigenvalue weighted by molar-refractivity contribution is -0.151. The maximum atomic E-state index is 11.5. The van der Waals surface area contributed by atoms with E-state index in [0.29, 0.717) is 6.42 Å². The normalized spacial score (nSPS) is 13.1. The van der Waals surface area contributed by atoms with Crippen molar-refractivity contribution < 1.29 is 29.6 Å². The number of hydrogen-bond acceptors (Lipinski definition) is 5. The predicted octanol–water partition coefficient (Wildman–Crippen LogP) is 0.411. The summed E-state index contributed by atoms with van der Waals surface area (Å²) in [7, 11) is 0. The molecule has 18 heavy (non-hydrogen) atoms. The van der Waals surface area contributed by atoms with Crippen LogP contribution >= 0.6 is 0 Å². The van der Waals surface area contributed by atoms with Crippen LogP contribution in [0.3, 0.4) is 0 Å². The third kappa shape index (κ3) is 5.97. The number of aliphatic hydroxyl groups excluding tert-OH is 2. The molecule has 0 spiro atoms. The van der Waals surface area contributed by atoms with E-state index in [4.69, 9.17) is 20.1 Å². The Morgan fingerprint density at radius 2 is 1.78 bits per heavy atom. The number of carboxylic acids is 1. The second-order valence-corrected chi connectivity index (χ2v) is 4.74. The fourth-order valence-electron chi connectivity index (χ4n) is 1.41. The van der Waals surface area contributed by atoms with E-state index in [9.17, 15) is 9.59 Å². The minimum absolute atomic E-state index is 0.0168. The van der Waals surface area contributed by atoms with Crippen molar-refractivity contribution in [2.24, 2.45) is 11.3 Å². The van der Waals surface area contributed by atoms with Gasteiger partial charge in [-0.15, -0.1) is 0 Å². The summed E-state index contributed by atoms with van der Waals surface area (Å²) in [5.74, 6) is -1.76. The molecule has 106 valence electrons. The lowest BCUT2D eigenvalue weighted by atomic mass is 9.88. The van der Waals surface area contributed by atoms with Gasteiger partial charge in [0.05, 0.1) is 18.6 Å². The summed E-state index contributed by atoms with van der Waals surface area (Å²) in [6, 6.07) is 0. The summed E-state index contributed by atoms with van der Waals surface area (Å²) in [6.45, 7) is 2.85. The number of carbonyl (C=O) groups is 2. The van der Waals surface area contributed by atoms with Crippen LogP contribution in [0.1, 0.15) is 33.1 Å². The van der Waals surface area contributed by atoms with E-state index >= 15 is 0 Å². The van der Waals surface area contributed by atoms with Crippen LogP contribution < -0.4 is 0 Å².